The second-order valence-corrected chi connectivity index (χ2v) is 2.40. The van der Waals surface area contributed by atoms with E-state index in [0.717, 1.165) is 0 Å². The van der Waals surface area contributed by atoms with Crippen LogP contribution < -0.4 is 5.48 Å². The van der Waals surface area contributed by atoms with E-state index in [-0.39, 0.29) is 13.2 Å². The summed E-state index contributed by atoms with van der Waals surface area (Å²) in [6.45, 7) is 0.0624. The number of hydrogen-bond donors (Lipinski definition) is 1. The van der Waals surface area contributed by atoms with Crippen molar-refractivity contribution in [2.24, 2.45) is 0 Å². The standard InChI is InChI=1S/C7H14F3NO3/c1-12-4-5-13-3-2-11-14-6-7(8,9)10/h11H,2-6H2,1H3. The highest BCUT2D eigenvalue weighted by Crippen LogP contribution is 2.13. The average Bonchev–Trinajstić information content (AvgIpc) is 2.08. The molecule has 86 valence electrons. The Labute approximate surface area is 80.3 Å². The molecule has 0 saturated carbocycles. The molecule has 4 nitrogen and oxygen atoms in total. The van der Waals surface area contributed by atoms with Crippen LogP contribution >= 0.6 is 0 Å². The van der Waals surface area contributed by atoms with Gasteiger partial charge in [-0.1, -0.05) is 0 Å². The van der Waals surface area contributed by atoms with Crippen LogP contribution in [0.25, 0.3) is 0 Å². The number of rotatable bonds is 8. The smallest absolute Gasteiger partial charge is 0.382 e. The molecule has 0 atom stereocenters. The van der Waals surface area contributed by atoms with Crippen LogP contribution in [0.15, 0.2) is 0 Å². The zero-order valence-electron chi connectivity index (χ0n) is 7.89. The van der Waals surface area contributed by atoms with E-state index in [0.29, 0.717) is 13.2 Å². The molecule has 0 bridgehead atoms. The molecule has 0 aliphatic carbocycles. The van der Waals surface area contributed by atoms with Gasteiger partial charge in [-0.15, -0.1) is 0 Å². The van der Waals surface area contributed by atoms with Gasteiger partial charge in [0.2, 0.25) is 0 Å². The van der Waals surface area contributed by atoms with E-state index < -0.39 is 12.8 Å². The van der Waals surface area contributed by atoms with Crippen LogP contribution in [0.1, 0.15) is 0 Å². The lowest BCUT2D eigenvalue weighted by Gasteiger charge is -2.08. The van der Waals surface area contributed by atoms with Crippen LogP contribution in [0.5, 0.6) is 0 Å². The molecule has 0 aromatic carbocycles. The van der Waals surface area contributed by atoms with E-state index >= 15 is 0 Å². The molecule has 0 unspecified atom stereocenters. The van der Waals surface area contributed by atoms with Gasteiger partial charge in [0.15, 0.2) is 6.61 Å². The van der Waals surface area contributed by atoms with Gasteiger partial charge in [0.05, 0.1) is 19.8 Å². The van der Waals surface area contributed by atoms with Crippen LogP contribution in [0.3, 0.4) is 0 Å². The Morgan fingerprint density at radius 1 is 1.14 bits per heavy atom. The monoisotopic (exact) mass is 217 g/mol. The summed E-state index contributed by atoms with van der Waals surface area (Å²) in [5.41, 5.74) is 2.13. The maximum Gasteiger partial charge on any atom is 0.413 e. The van der Waals surface area contributed by atoms with Gasteiger partial charge in [-0.05, 0) is 0 Å². The minimum Gasteiger partial charge on any atom is -0.382 e. The van der Waals surface area contributed by atoms with E-state index in [9.17, 15) is 13.2 Å². The van der Waals surface area contributed by atoms with Gasteiger partial charge in [0.25, 0.3) is 0 Å². The molecule has 7 heteroatoms. The van der Waals surface area contributed by atoms with Crippen molar-refractivity contribution >= 4 is 0 Å². The van der Waals surface area contributed by atoms with Crippen LogP contribution in [0.4, 0.5) is 13.2 Å². The van der Waals surface area contributed by atoms with Crippen molar-refractivity contribution in [3.63, 3.8) is 0 Å². The summed E-state index contributed by atoms with van der Waals surface area (Å²) in [5, 5.41) is 0. The highest BCUT2D eigenvalue weighted by atomic mass is 19.4. The quantitative estimate of drug-likeness (QED) is 0.480. The van der Waals surface area contributed by atoms with Crippen molar-refractivity contribution in [3.05, 3.63) is 0 Å². The van der Waals surface area contributed by atoms with Crippen molar-refractivity contribution < 1.29 is 27.5 Å². The Morgan fingerprint density at radius 2 is 1.86 bits per heavy atom. The summed E-state index contributed by atoms with van der Waals surface area (Å²) in [6.07, 6.45) is -4.30. The van der Waals surface area contributed by atoms with Gasteiger partial charge < -0.3 is 9.47 Å². The molecule has 14 heavy (non-hydrogen) atoms. The largest absolute Gasteiger partial charge is 0.413 e. The normalized spacial score (nSPS) is 12.0. The molecule has 0 fully saturated rings. The summed E-state index contributed by atoms with van der Waals surface area (Å²) < 4.78 is 44.2. The van der Waals surface area contributed by atoms with Crippen LogP contribution in [-0.4, -0.2) is 46.3 Å². The summed E-state index contributed by atoms with van der Waals surface area (Å²) in [7, 11) is 1.54. The first-order valence-corrected chi connectivity index (χ1v) is 4.04. The Morgan fingerprint density at radius 3 is 2.43 bits per heavy atom. The number of halogens is 3. The predicted octanol–water partition coefficient (Wildman–Crippen LogP) is 0.733. The summed E-state index contributed by atoms with van der Waals surface area (Å²) >= 11 is 0. The summed E-state index contributed by atoms with van der Waals surface area (Å²) in [5.74, 6) is 0. The molecule has 0 aromatic heterocycles. The predicted molar refractivity (Wildman–Crippen MR) is 42.7 cm³/mol. The summed E-state index contributed by atoms with van der Waals surface area (Å²) in [6, 6.07) is 0. The van der Waals surface area contributed by atoms with E-state index in [1.54, 1.807) is 0 Å². The molecule has 0 amide bonds. The Kier molecular flexibility index (Phi) is 7.77. The Bertz CT molecular complexity index is 132. The minimum atomic E-state index is -4.30. The molecule has 0 radical (unpaired) electrons. The lowest BCUT2D eigenvalue weighted by atomic mass is 10.7. The van der Waals surface area contributed by atoms with Crippen LogP contribution in [0, 0.1) is 0 Å². The second kappa shape index (κ2) is 7.98. The number of hydroxylamine groups is 1. The fourth-order valence-electron chi connectivity index (χ4n) is 0.563. The SMILES string of the molecule is COCCOCCNOCC(F)(F)F. The third kappa shape index (κ3) is 11.6. The molecule has 1 N–H and O–H groups in total. The number of hydrogen-bond acceptors (Lipinski definition) is 4. The molecule has 0 aliphatic heterocycles. The molecular weight excluding hydrogens is 203 g/mol. The van der Waals surface area contributed by atoms with Crippen molar-refractivity contribution in [2.75, 3.05) is 40.1 Å². The molecule has 0 spiro atoms. The molecule has 0 rings (SSSR count). The van der Waals surface area contributed by atoms with Crippen molar-refractivity contribution in [2.45, 2.75) is 6.18 Å². The van der Waals surface area contributed by atoms with Gasteiger partial charge >= 0.3 is 6.18 Å². The highest BCUT2D eigenvalue weighted by Gasteiger charge is 2.27. The van der Waals surface area contributed by atoms with E-state index in [1.807, 2.05) is 0 Å². The number of methoxy groups -OCH3 is 1. The molecule has 0 saturated heterocycles. The Hall–Kier alpha value is -0.370. The molecule has 0 aliphatic rings. The highest BCUT2D eigenvalue weighted by molar-refractivity contribution is 4.43. The summed E-state index contributed by atoms with van der Waals surface area (Å²) in [4.78, 5) is 4.12. The van der Waals surface area contributed by atoms with Gasteiger partial charge in [0.1, 0.15) is 0 Å². The fraction of sp³-hybridized carbons (Fsp3) is 1.00. The van der Waals surface area contributed by atoms with E-state index in [1.165, 1.54) is 7.11 Å². The van der Waals surface area contributed by atoms with Gasteiger partial charge in [-0.25, -0.2) is 0 Å². The van der Waals surface area contributed by atoms with E-state index in [2.05, 4.69) is 15.1 Å². The maximum atomic E-state index is 11.5. The first kappa shape index (κ1) is 13.6. The number of ether oxygens (including phenoxy) is 2. The first-order valence-electron chi connectivity index (χ1n) is 4.04. The lowest BCUT2D eigenvalue weighted by Crippen LogP contribution is -2.27. The van der Waals surface area contributed by atoms with Crippen LogP contribution in [-0.2, 0) is 14.3 Å². The first-order chi connectivity index (χ1) is 6.56. The second-order valence-electron chi connectivity index (χ2n) is 2.40. The van der Waals surface area contributed by atoms with Crippen molar-refractivity contribution in [1.29, 1.82) is 0 Å². The molecule has 0 heterocycles. The van der Waals surface area contributed by atoms with Gasteiger partial charge in [-0.2, -0.15) is 18.7 Å². The number of nitrogens with one attached hydrogen (secondary N) is 1. The zero-order chi connectivity index (χ0) is 10.9. The third-order valence-corrected chi connectivity index (χ3v) is 1.12. The van der Waals surface area contributed by atoms with Crippen molar-refractivity contribution in [1.82, 2.24) is 5.48 Å². The van der Waals surface area contributed by atoms with Gasteiger partial charge in [-0.3, -0.25) is 4.84 Å². The topological polar surface area (TPSA) is 39.7 Å². The minimum absolute atomic E-state index is 0.208. The lowest BCUT2D eigenvalue weighted by molar-refractivity contribution is -0.190. The number of alkyl halides is 3. The van der Waals surface area contributed by atoms with Crippen molar-refractivity contribution in [3.8, 4) is 0 Å². The fourth-order valence-corrected chi connectivity index (χ4v) is 0.563. The third-order valence-electron chi connectivity index (χ3n) is 1.12. The molecule has 0 aromatic rings. The van der Waals surface area contributed by atoms with Crippen LogP contribution in [0.2, 0.25) is 0 Å². The van der Waals surface area contributed by atoms with E-state index in [4.69, 9.17) is 4.74 Å². The Balaban J connectivity index is 2.99. The average molecular weight is 217 g/mol. The van der Waals surface area contributed by atoms with Gasteiger partial charge in [0, 0.05) is 13.7 Å². The maximum absolute atomic E-state index is 11.5. The zero-order valence-corrected chi connectivity index (χ0v) is 7.89. The molecular formula is C7H14F3NO3.